The third-order valence-corrected chi connectivity index (χ3v) is 6.43. The van der Waals surface area contributed by atoms with Gasteiger partial charge in [0, 0.05) is 43.0 Å². The van der Waals surface area contributed by atoms with Crippen molar-refractivity contribution in [1.82, 2.24) is 24.8 Å². The van der Waals surface area contributed by atoms with Crippen molar-refractivity contribution in [3.8, 4) is 17.1 Å². The van der Waals surface area contributed by atoms with Crippen LogP contribution in [0.2, 0.25) is 0 Å². The van der Waals surface area contributed by atoms with E-state index in [0.717, 1.165) is 59.5 Å². The normalized spacial score (nSPS) is 14.8. The van der Waals surface area contributed by atoms with E-state index in [0.29, 0.717) is 17.2 Å². The van der Waals surface area contributed by atoms with E-state index in [1.807, 2.05) is 12.1 Å². The van der Waals surface area contributed by atoms with E-state index >= 15 is 0 Å². The van der Waals surface area contributed by atoms with Gasteiger partial charge in [0.1, 0.15) is 11.6 Å². The molecule has 8 nitrogen and oxygen atoms in total. The summed E-state index contributed by atoms with van der Waals surface area (Å²) in [5.74, 6) is 1.04. The lowest BCUT2D eigenvalue weighted by atomic mass is 10.1. The Morgan fingerprint density at radius 1 is 0.853 bits per heavy atom. The van der Waals surface area contributed by atoms with Crippen LogP contribution in [0.25, 0.3) is 33.5 Å². The van der Waals surface area contributed by atoms with Crippen molar-refractivity contribution < 1.29 is 9.90 Å². The molecule has 5 aromatic rings. The standard InChI is InChI=1S/C26H24N6O2/c1-31-10-12-32(13-11-31)18-5-9-21-23(15-18)30-26(28-21)24(34)17-4-8-20-22(14-17)29-25(27-20)16-2-6-19(33)7-3-16/h2-9,14-15,33H,10-13H2,1H3,(H,27,29)(H,28,30). The number of carbonyl (C=O) groups excluding carboxylic acids is 1. The van der Waals surface area contributed by atoms with Crippen LogP contribution in [-0.2, 0) is 0 Å². The second-order valence-electron chi connectivity index (χ2n) is 8.77. The third-order valence-electron chi connectivity index (χ3n) is 6.43. The van der Waals surface area contributed by atoms with Gasteiger partial charge in [-0.05, 0) is 67.7 Å². The molecule has 3 aromatic carbocycles. The fourth-order valence-electron chi connectivity index (χ4n) is 4.41. The number of ketones is 1. The molecule has 0 radical (unpaired) electrons. The number of aromatic amines is 2. The van der Waals surface area contributed by atoms with Crippen molar-refractivity contribution >= 4 is 33.5 Å². The van der Waals surface area contributed by atoms with Crippen molar-refractivity contribution in [2.75, 3.05) is 38.1 Å². The van der Waals surface area contributed by atoms with E-state index < -0.39 is 0 Å². The number of piperazine rings is 1. The fraction of sp³-hybridized carbons (Fsp3) is 0.192. The number of fused-ring (bicyclic) bond motifs is 2. The van der Waals surface area contributed by atoms with E-state index in [2.05, 4.69) is 48.9 Å². The maximum absolute atomic E-state index is 13.2. The highest BCUT2D eigenvalue weighted by Gasteiger charge is 2.18. The molecule has 0 amide bonds. The van der Waals surface area contributed by atoms with E-state index in [1.54, 1.807) is 36.4 Å². The van der Waals surface area contributed by atoms with Crippen molar-refractivity contribution in [3.63, 3.8) is 0 Å². The number of nitrogens with one attached hydrogen (secondary N) is 2. The Kier molecular flexibility index (Phi) is 4.81. The first kappa shape index (κ1) is 20.4. The summed E-state index contributed by atoms with van der Waals surface area (Å²) < 4.78 is 0. The Labute approximate surface area is 195 Å². The van der Waals surface area contributed by atoms with Gasteiger partial charge in [0.15, 0.2) is 5.82 Å². The van der Waals surface area contributed by atoms with Crippen LogP contribution < -0.4 is 4.90 Å². The topological polar surface area (TPSA) is 101 Å². The summed E-state index contributed by atoms with van der Waals surface area (Å²) in [6, 6.07) is 18.4. The lowest BCUT2D eigenvalue weighted by Gasteiger charge is -2.34. The SMILES string of the molecule is CN1CCN(c2ccc3nc(C(=O)c4ccc5nc(-c6ccc(O)cc6)[nH]c5c4)[nH]c3c2)CC1. The number of imidazole rings is 2. The quantitative estimate of drug-likeness (QED) is 0.359. The molecule has 3 heterocycles. The second-order valence-corrected chi connectivity index (χ2v) is 8.77. The highest BCUT2D eigenvalue weighted by atomic mass is 16.3. The highest BCUT2D eigenvalue weighted by molar-refractivity contribution is 6.09. The zero-order valence-corrected chi connectivity index (χ0v) is 18.7. The molecule has 8 heteroatoms. The zero-order valence-electron chi connectivity index (χ0n) is 18.7. The van der Waals surface area contributed by atoms with Gasteiger partial charge in [0.25, 0.3) is 0 Å². The van der Waals surface area contributed by atoms with Crippen LogP contribution in [0.4, 0.5) is 5.69 Å². The number of phenolic OH excluding ortho intramolecular Hbond substituents is 1. The minimum Gasteiger partial charge on any atom is -0.508 e. The summed E-state index contributed by atoms with van der Waals surface area (Å²) in [5.41, 5.74) is 5.70. The largest absolute Gasteiger partial charge is 0.508 e. The number of rotatable bonds is 4. The Morgan fingerprint density at radius 2 is 1.56 bits per heavy atom. The lowest BCUT2D eigenvalue weighted by molar-refractivity contribution is 0.103. The van der Waals surface area contributed by atoms with E-state index in [1.165, 1.54) is 0 Å². The van der Waals surface area contributed by atoms with Gasteiger partial charge >= 0.3 is 0 Å². The predicted octanol–water partition coefficient (Wildman–Crippen LogP) is 3.79. The van der Waals surface area contributed by atoms with Gasteiger partial charge in [-0.15, -0.1) is 0 Å². The maximum Gasteiger partial charge on any atom is 0.228 e. The molecular weight excluding hydrogens is 428 g/mol. The fourth-order valence-corrected chi connectivity index (χ4v) is 4.41. The molecule has 1 aliphatic heterocycles. The van der Waals surface area contributed by atoms with Crippen LogP contribution in [-0.4, -0.2) is 69.0 Å². The van der Waals surface area contributed by atoms with E-state index in [4.69, 9.17) is 0 Å². The Morgan fingerprint density at radius 3 is 2.35 bits per heavy atom. The molecule has 1 fully saturated rings. The van der Waals surface area contributed by atoms with Gasteiger partial charge in [0.2, 0.25) is 5.78 Å². The first-order valence-corrected chi connectivity index (χ1v) is 11.3. The van der Waals surface area contributed by atoms with Crippen LogP contribution in [0, 0.1) is 0 Å². The smallest absolute Gasteiger partial charge is 0.228 e. The monoisotopic (exact) mass is 452 g/mol. The molecule has 0 bridgehead atoms. The number of aromatic hydroxyl groups is 1. The highest BCUT2D eigenvalue weighted by Crippen LogP contribution is 2.25. The minimum absolute atomic E-state index is 0.167. The average molecular weight is 453 g/mol. The van der Waals surface area contributed by atoms with Crippen LogP contribution >= 0.6 is 0 Å². The first-order valence-electron chi connectivity index (χ1n) is 11.3. The number of anilines is 1. The molecule has 0 atom stereocenters. The van der Waals surface area contributed by atoms with Crippen LogP contribution in [0.3, 0.4) is 0 Å². The summed E-state index contributed by atoms with van der Waals surface area (Å²) >= 11 is 0. The third kappa shape index (κ3) is 3.68. The summed E-state index contributed by atoms with van der Waals surface area (Å²) in [4.78, 5) is 33.5. The minimum atomic E-state index is -0.167. The van der Waals surface area contributed by atoms with Gasteiger partial charge < -0.3 is 24.9 Å². The average Bonchev–Trinajstić information content (AvgIpc) is 3.48. The lowest BCUT2D eigenvalue weighted by Crippen LogP contribution is -2.44. The van der Waals surface area contributed by atoms with Gasteiger partial charge in [-0.1, -0.05) is 0 Å². The molecule has 170 valence electrons. The summed E-state index contributed by atoms with van der Waals surface area (Å²) in [7, 11) is 2.14. The maximum atomic E-state index is 13.2. The Hall–Kier alpha value is -4.17. The van der Waals surface area contributed by atoms with Gasteiger partial charge in [-0.3, -0.25) is 4.79 Å². The van der Waals surface area contributed by atoms with Crippen molar-refractivity contribution in [3.05, 3.63) is 72.1 Å². The molecule has 2 aromatic heterocycles. The summed E-state index contributed by atoms with van der Waals surface area (Å²) in [6.45, 7) is 4.04. The molecule has 0 unspecified atom stereocenters. The van der Waals surface area contributed by atoms with Crippen LogP contribution in [0.15, 0.2) is 60.7 Å². The summed E-state index contributed by atoms with van der Waals surface area (Å²) in [5, 5.41) is 9.51. The number of hydrogen-bond acceptors (Lipinski definition) is 6. The Balaban J connectivity index is 1.28. The number of likely N-dealkylation sites (N-methyl/N-ethyl adjacent to an activating group) is 1. The molecule has 1 aliphatic rings. The van der Waals surface area contributed by atoms with Gasteiger partial charge in [0.05, 0.1) is 22.1 Å². The first-order chi connectivity index (χ1) is 16.5. The molecular formula is C26H24N6O2. The summed E-state index contributed by atoms with van der Waals surface area (Å²) in [6.07, 6.45) is 0. The number of H-pyrrole nitrogens is 2. The van der Waals surface area contributed by atoms with Crippen LogP contribution in [0.1, 0.15) is 16.2 Å². The second kappa shape index (κ2) is 8.00. The number of aromatic nitrogens is 4. The number of benzene rings is 3. The van der Waals surface area contributed by atoms with E-state index in [9.17, 15) is 9.90 Å². The molecule has 3 N–H and O–H groups in total. The molecule has 1 saturated heterocycles. The van der Waals surface area contributed by atoms with Crippen LogP contribution in [0.5, 0.6) is 5.75 Å². The Bertz CT molecular complexity index is 1510. The predicted molar refractivity (Wildman–Crippen MR) is 132 cm³/mol. The van der Waals surface area contributed by atoms with Gasteiger partial charge in [-0.2, -0.15) is 0 Å². The van der Waals surface area contributed by atoms with Gasteiger partial charge in [-0.25, -0.2) is 9.97 Å². The van der Waals surface area contributed by atoms with Crippen molar-refractivity contribution in [2.24, 2.45) is 0 Å². The molecule has 0 saturated carbocycles. The zero-order chi connectivity index (χ0) is 23.2. The molecule has 6 rings (SSSR count). The van der Waals surface area contributed by atoms with Crippen molar-refractivity contribution in [1.29, 1.82) is 0 Å². The van der Waals surface area contributed by atoms with E-state index in [-0.39, 0.29) is 11.5 Å². The molecule has 34 heavy (non-hydrogen) atoms. The number of carbonyl (C=O) groups is 1. The van der Waals surface area contributed by atoms with Crippen molar-refractivity contribution in [2.45, 2.75) is 0 Å². The number of nitrogens with zero attached hydrogens (tertiary/aromatic N) is 4. The number of phenols is 1. The molecule has 0 aliphatic carbocycles. The number of hydrogen-bond donors (Lipinski definition) is 3. The molecule has 0 spiro atoms.